The number of fused-ring (bicyclic) bond motifs is 2. The maximum atomic E-state index is 4.74. The minimum absolute atomic E-state index is 0.185. The SMILES string of the molecule is C=C/C=C(\C=C/C)c1ccc2c(c1)C(C)(C)c1cccnc1N2c1ccccn1. The van der Waals surface area contributed by atoms with Gasteiger partial charge in [0.1, 0.15) is 11.6 Å². The van der Waals surface area contributed by atoms with E-state index in [1.165, 1.54) is 16.7 Å². The van der Waals surface area contributed by atoms with Crippen LogP contribution in [0.4, 0.5) is 17.3 Å². The smallest absolute Gasteiger partial charge is 0.142 e. The number of pyridine rings is 2. The van der Waals surface area contributed by atoms with E-state index in [9.17, 15) is 0 Å². The highest BCUT2D eigenvalue weighted by Crippen LogP contribution is 2.50. The molecule has 3 nitrogen and oxygen atoms in total. The molecule has 3 heterocycles. The Morgan fingerprint density at radius 2 is 1.83 bits per heavy atom. The summed E-state index contributed by atoms with van der Waals surface area (Å²) in [5.41, 5.74) is 5.68. The molecule has 1 aromatic carbocycles. The topological polar surface area (TPSA) is 29.0 Å². The zero-order valence-electron chi connectivity index (χ0n) is 17.1. The summed E-state index contributed by atoms with van der Waals surface area (Å²) < 4.78 is 0. The molecule has 0 radical (unpaired) electrons. The molecule has 0 bridgehead atoms. The van der Waals surface area contributed by atoms with Crippen LogP contribution in [-0.2, 0) is 5.41 Å². The van der Waals surface area contributed by atoms with Gasteiger partial charge in [0.15, 0.2) is 0 Å². The van der Waals surface area contributed by atoms with E-state index in [0.29, 0.717) is 0 Å². The van der Waals surface area contributed by atoms with E-state index >= 15 is 0 Å². The van der Waals surface area contributed by atoms with Crippen molar-refractivity contribution in [1.82, 2.24) is 9.97 Å². The van der Waals surface area contributed by atoms with Crippen LogP contribution in [0, 0.1) is 0 Å². The lowest BCUT2D eigenvalue weighted by Gasteiger charge is -2.40. The molecule has 3 heteroatoms. The second-order valence-corrected chi connectivity index (χ2v) is 7.61. The van der Waals surface area contributed by atoms with Gasteiger partial charge in [-0.1, -0.05) is 62.9 Å². The number of rotatable bonds is 4. The standard InChI is InChI=1S/C26H25N3/c1-5-10-19(11-6-2)20-14-15-23-22(18-20)26(3,4)21-12-9-17-28-25(21)29(23)24-13-7-8-16-27-24/h5-18H,1H2,2-4H3/b11-6-,19-10+. The van der Waals surface area contributed by atoms with Crippen molar-refractivity contribution >= 4 is 22.9 Å². The Morgan fingerprint density at radius 3 is 2.55 bits per heavy atom. The molecule has 0 N–H and O–H groups in total. The van der Waals surface area contributed by atoms with E-state index < -0.39 is 0 Å². The normalized spacial score (nSPS) is 15.1. The van der Waals surface area contributed by atoms with Crippen LogP contribution >= 0.6 is 0 Å². The van der Waals surface area contributed by atoms with Crippen molar-refractivity contribution in [3.63, 3.8) is 0 Å². The summed E-state index contributed by atoms with van der Waals surface area (Å²) in [5, 5.41) is 0. The van der Waals surface area contributed by atoms with Crippen LogP contribution in [0.1, 0.15) is 37.5 Å². The summed E-state index contributed by atoms with van der Waals surface area (Å²) in [6, 6.07) is 16.8. The Labute approximate surface area is 172 Å². The van der Waals surface area contributed by atoms with Crippen molar-refractivity contribution in [3.8, 4) is 0 Å². The maximum Gasteiger partial charge on any atom is 0.142 e. The molecule has 1 aliphatic heterocycles. The van der Waals surface area contributed by atoms with Gasteiger partial charge >= 0.3 is 0 Å². The molecular weight excluding hydrogens is 354 g/mol. The first-order valence-corrected chi connectivity index (χ1v) is 9.85. The maximum absolute atomic E-state index is 4.74. The minimum Gasteiger partial charge on any atom is -0.278 e. The van der Waals surface area contributed by atoms with Crippen molar-refractivity contribution in [1.29, 1.82) is 0 Å². The van der Waals surface area contributed by atoms with Gasteiger partial charge in [-0.3, -0.25) is 4.90 Å². The average molecular weight is 380 g/mol. The van der Waals surface area contributed by atoms with Crippen molar-refractivity contribution < 1.29 is 0 Å². The first-order chi connectivity index (χ1) is 14.1. The largest absolute Gasteiger partial charge is 0.278 e. The fourth-order valence-corrected chi connectivity index (χ4v) is 4.01. The fourth-order valence-electron chi connectivity index (χ4n) is 4.01. The highest BCUT2D eigenvalue weighted by atomic mass is 15.2. The van der Waals surface area contributed by atoms with Gasteiger partial charge in [-0.15, -0.1) is 0 Å². The van der Waals surface area contributed by atoms with Crippen LogP contribution in [0.15, 0.2) is 91.8 Å². The fraction of sp³-hybridized carbons (Fsp3) is 0.154. The van der Waals surface area contributed by atoms with Gasteiger partial charge in [0, 0.05) is 23.4 Å². The predicted octanol–water partition coefficient (Wildman–Crippen LogP) is 6.73. The van der Waals surface area contributed by atoms with Crippen molar-refractivity contribution in [3.05, 3.63) is 108 Å². The van der Waals surface area contributed by atoms with Crippen molar-refractivity contribution in [2.75, 3.05) is 4.90 Å². The third-order valence-corrected chi connectivity index (χ3v) is 5.44. The number of hydrogen-bond acceptors (Lipinski definition) is 3. The minimum atomic E-state index is -0.185. The Bertz CT molecular complexity index is 1110. The second-order valence-electron chi connectivity index (χ2n) is 7.61. The van der Waals surface area contributed by atoms with E-state index in [1.54, 1.807) is 0 Å². The van der Waals surface area contributed by atoms with Crippen LogP contribution in [0.25, 0.3) is 5.57 Å². The molecule has 0 saturated heterocycles. The Morgan fingerprint density at radius 1 is 1.00 bits per heavy atom. The molecule has 0 amide bonds. The summed E-state index contributed by atoms with van der Waals surface area (Å²) in [6.07, 6.45) is 11.7. The molecule has 0 saturated carbocycles. The Balaban J connectivity index is 1.98. The van der Waals surface area contributed by atoms with E-state index in [1.807, 2.05) is 55.7 Å². The van der Waals surface area contributed by atoms with Gasteiger partial charge in [-0.25, -0.2) is 9.97 Å². The number of allylic oxidation sites excluding steroid dienone is 5. The molecule has 144 valence electrons. The molecule has 0 aliphatic carbocycles. The van der Waals surface area contributed by atoms with Crippen LogP contribution in [0.3, 0.4) is 0 Å². The van der Waals surface area contributed by atoms with Crippen LogP contribution in [-0.4, -0.2) is 9.97 Å². The lowest BCUT2D eigenvalue weighted by molar-refractivity contribution is 0.626. The zero-order valence-corrected chi connectivity index (χ0v) is 17.1. The Kier molecular flexibility index (Phi) is 4.89. The molecular formula is C26H25N3. The molecule has 0 unspecified atom stereocenters. The van der Waals surface area contributed by atoms with Gasteiger partial charge in [-0.2, -0.15) is 0 Å². The molecule has 0 fully saturated rings. The second kappa shape index (κ2) is 7.51. The van der Waals surface area contributed by atoms with Gasteiger partial charge in [-0.05, 0) is 54.0 Å². The predicted molar refractivity (Wildman–Crippen MR) is 122 cm³/mol. The van der Waals surface area contributed by atoms with E-state index in [4.69, 9.17) is 4.98 Å². The zero-order chi connectivity index (χ0) is 20.4. The molecule has 1 aliphatic rings. The van der Waals surface area contributed by atoms with Crippen LogP contribution in [0.2, 0.25) is 0 Å². The number of hydrogen-bond donors (Lipinski definition) is 0. The molecule has 4 rings (SSSR count). The summed E-state index contributed by atoms with van der Waals surface area (Å²) >= 11 is 0. The summed E-state index contributed by atoms with van der Waals surface area (Å²) in [5.74, 6) is 1.80. The van der Waals surface area contributed by atoms with Gasteiger partial charge in [0.2, 0.25) is 0 Å². The molecule has 0 atom stereocenters. The van der Waals surface area contributed by atoms with Gasteiger partial charge in [0.25, 0.3) is 0 Å². The van der Waals surface area contributed by atoms with Crippen LogP contribution < -0.4 is 4.90 Å². The van der Waals surface area contributed by atoms with E-state index in [-0.39, 0.29) is 5.41 Å². The molecule has 2 aromatic heterocycles. The Hall–Kier alpha value is -3.46. The van der Waals surface area contributed by atoms with Crippen molar-refractivity contribution in [2.24, 2.45) is 0 Å². The van der Waals surface area contributed by atoms with Gasteiger partial charge in [0.05, 0.1) is 5.69 Å². The molecule has 3 aromatic rings. The van der Waals surface area contributed by atoms with Crippen LogP contribution in [0.5, 0.6) is 0 Å². The average Bonchev–Trinajstić information content (AvgIpc) is 2.74. The van der Waals surface area contributed by atoms with Crippen molar-refractivity contribution in [2.45, 2.75) is 26.2 Å². The van der Waals surface area contributed by atoms with E-state index in [0.717, 1.165) is 22.9 Å². The lowest BCUT2D eigenvalue weighted by Crippen LogP contribution is -2.31. The number of nitrogens with zero attached hydrogens (tertiary/aromatic N) is 3. The lowest BCUT2D eigenvalue weighted by atomic mass is 9.74. The highest BCUT2D eigenvalue weighted by molar-refractivity contribution is 5.85. The highest BCUT2D eigenvalue weighted by Gasteiger charge is 2.38. The summed E-state index contributed by atoms with van der Waals surface area (Å²) in [7, 11) is 0. The quantitative estimate of drug-likeness (QED) is 0.471. The number of aromatic nitrogens is 2. The third kappa shape index (κ3) is 3.19. The molecule has 29 heavy (non-hydrogen) atoms. The molecule has 0 spiro atoms. The monoisotopic (exact) mass is 379 g/mol. The summed E-state index contributed by atoms with van der Waals surface area (Å²) in [4.78, 5) is 11.5. The first kappa shape index (κ1) is 18.9. The first-order valence-electron chi connectivity index (χ1n) is 9.85. The van der Waals surface area contributed by atoms with E-state index in [2.05, 4.69) is 66.7 Å². The number of benzene rings is 1. The van der Waals surface area contributed by atoms with Gasteiger partial charge < -0.3 is 0 Å². The third-order valence-electron chi connectivity index (χ3n) is 5.44. The summed E-state index contributed by atoms with van der Waals surface area (Å²) in [6.45, 7) is 10.4. The number of anilines is 3.